The molecule has 0 bridgehead atoms. The molecule has 0 fully saturated rings. The highest BCUT2D eigenvalue weighted by molar-refractivity contribution is 7.93. The highest BCUT2D eigenvalue weighted by atomic mass is 32.2. The maximum Gasteiger partial charge on any atom is 0.272 e. The van der Waals surface area contributed by atoms with Gasteiger partial charge in [-0.3, -0.25) is 4.79 Å². The Kier molecular flexibility index (Phi) is 6.99. The van der Waals surface area contributed by atoms with Crippen LogP contribution in [0.3, 0.4) is 0 Å². The summed E-state index contributed by atoms with van der Waals surface area (Å²) in [6, 6.07) is 30.5. The van der Waals surface area contributed by atoms with Gasteiger partial charge in [-0.2, -0.15) is 4.31 Å². The summed E-state index contributed by atoms with van der Waals surface area (Å²) in [4.78, 5) is 14.3. The van der Waals surface area contributed by atoms with Crippen molar-refractivity contribution < 1.29 is 13.2 Å². The fourth-order valence-electron chi connectivity index (χ4n) is 3.83. The summed E-state index contributed by atoms with van der Waals surface area (Å²) in [6.45, 7) is 5.62. The molecule has 1 amide bonds. The Morgan fingerprint density at radius 1 is 0.714 bits per heavy atom. The zero-order valence-corrected chi connectivity index (χ0v) is 20.8. The lowest BCUT2D eigenvalue weighted by molar-refractivity contribution is -0.112. The van der Waals surface area contributed by atoms with Crippen molar-refractivity contribution in [3.63, 3.8) is 0 Å². The number of aryl methyl sites for hydroxylation is 2. The molecule has 0 aliphatic heterocycles. The van der Waals surface area contributed by atoms with Crippen LogP contribution in [-0.4, -0.2) is 14.3 Å². The second-order valence-electron chi connectivity index (χ2n) is 8.44. The van der Waals surface area contributed by atoms with Gasteiger partial charge in [0, 0.05) is 5.57 Å². The second-order valence-corrected chi connectivity index (χ2v) is 10.2. The van der Waals surface area contributed by atoms with Crippen LogP contribution in [-0.2, 0) is 14.8 Å². The number of carbonyl (C=O) groups excluding carboxylic acids is 1. The van der Waals surface area contributed by atoms with Gasteiger partial charge in [0.15, 0.2) is 0 Å². The molecular weight excluding hydrogens is 454 g/mol. The lowest BCUT2D eigenvalue weighted by Gasteiger charge is -2.26. The maximum atomic E-state index is 14.3. The minimum atomic E-state index is -4.21. The van der Waals surface area contributed by atoms with Crippen LogP contribution < -0.4 is 4.31 Å². The first-order valence-electron chi connectivity index (χ1n) is 11.3. The molecular formula is C30H27NO3S. The van der Waals surface area contributed by atoms with Gasteiger partial charge in [0.2, 0.25) is 0 Å². The largest absolute Gasteiger partial charge is 0.272 e. The SMILES string of the molecule is Cc1ccc(S(=O)(=O)N(C(=O)/C(=C/c2ccccc2)c2ccccc2)c2cccc(C)c2C)cc1. The summed E-state index contributed by atoms with van der Waals surface area (Å²) >= 11 is 0. The van der Waals surface area contributed by atoms with Gasteiger partial charge in [-0.05, 0) is 67.3 Å². The molecule has 0 radical (unpaired) electrons. The maximum absolute atomic E-state index is 14.3. The van der Waals surface area contributed by atoms with Gasteiger partial charge in [-0.1, -0.05) is 90.5 Å². The number of carbonyl (C=O) groups is 1. The van der Waals surface area contributed by atoms with Gasteiger partial charge in [-0.15, -0.1) is 0 Å². The Morgan fingerprint density at radius 3 is 1.94 bits per heavy atom. The molecule has 0 aliphatic rings. The van der Waals surface area contributed by atoms with E-state index in [9.17, 15) is 13.2 Å². The summed E-state index contributed by atoms with van der Waals surface area (Å²) < 4.78 is 29.0. The lowest BCUT2D eigenvalue weighted by atomic mass is 10.0. The van der Waals surface area contributed by atoms with Crippen LogP contribution in [0.5, 0.6) is 0 Å². The van der Waals surface area contributed by atoms with Crippen molar-refractivity contribution in [1.29, 1.82) is 0 Å². The molecule has 0 aliphatic carbocycles. The first-order chi connectivity index (χ1) is 16.8. The predicted octanol–water partition coefficient (Wildman–Crippen LogP) is 6.57. The summed E-state index contributed by atoms with van der Waals surface area (Å²) in [5, 5.41) is 0. The number of rotatable bonds is 6. The summed E-state index contributed by atoms with van der Waals surface area (Å²) in [7, 11) is -4.21. The third-order valence-corrected chi connectivity index (χ3v) is 7.68. The molecule has 4 aromatic carbocycles. The van der Waals surface area contributed by atoms with Crippen LogP contribution in [0.4, 0.5) is 5.69 Å². The molecule has 35 heavy (non-hydrogen) atoms. The molecule has 0 N–H and O–H groups in total. The summed E-state index contributed by atoms with van der Waals surface area (Å²) in [5.74, 6) is -0.616. The zero-order chi connectivity index (χ0) is 25.0. The number of nitrogens with zero attached hydrogens (tertiary/aromatic N) is 1. The van der Waals surface area contributed by atoms with Crippen molar-refractivity contribution >= 4 is 33.3 Å². The van der Waals surface area contributed by atoms with Gasteiger partial charge in [0.1, 0.15) is 0 Å². The van der Waals surface area contributed by atoms with E-state index in [1.165, 1.54) is 0 Å². The Bertz CT molecular complexity index is 1470. The molecule has 4 nitrogen and oxygen atoms in total. The molecule has 0 saturated heterocycles. The number of hydrogen-bond acceptors (Lipinski definition) is 3. The highest BCUT2D eigenvalue weighted by Crippen LogP contribution is 2.33. The smallest absolute Gasteiger partial charge is 0.268 e. The molecule has 5 heteroatoms. The predicted molar refractivity (Wildman–Crippen MR) is 143 cm³/mol. The Balaban J connectivity index is 1.97. The topological polar surface area (TPSA) is 54.5 Å². The molecule has 0 spiro atoms. The Hall–Kier alpha value is -3.96. The third kappa shape index (κ3) is 5.10. The first-order valence-corrected chi connectivity index (χ1v) is 12.8. The first kappa shape index (κ1) is 24.2. The van der Waals surface area contributed by atoms with Crippen LogP contribution >= 0.6 is 0 Å². The minimum absolute atomic E-state index is 0.0597. The van der Waals surface area contributed by atoms with E-state index in [1.807, 2.05) is 87.5 Å². The monoisotopic (exact) mass is 481 g/mol. The molecule has 4 rings (SSSR count). The van der Waals surface area contributed by atoms with Crippen LogP contribution in [0.25, 0.3) is 11.6 Å². The Labute approximate surface area is 207 Å². The van der Waals surface area contributed by atoms with Gasteiger partial charge >= 0.3 is 0 Å². The number of sulfonamides is 1. The lowest BCUT2D eigenvalue weighted by Crippen LogP contribution is -2.38. The van der Waals surface area contributed by atoms with E-state index >= 15 is 0 Å². The van der Waals surface area contributed by atoms with Crippen molar-refractivity contribution in [3.05, 3.63) is 131 Å². The van der Waals surface area contributed by atoms with Crippen molar-refractivity contribution in [2.75, 3.05) is 4.31 Å². The molecule has 176 valence electrons. The van der Waals surface area contributed by atoms with Crippen LogP contribution in [0, 0.1) is 20.8 Å². The van der Waals surface area contributed by atoms with E-state index in [4.69, 9.17) is 0 Å². The van der Waals surface area contributed by atoms with Crippen LogP contribution in [0.15, 0.2) is 108 Å². The summed E-state index contributed by atoms with van der Waals surface area (Å²) in [5.41, 5.74) is 4.61. The minimum Gasteiger partial charge on any atom is -0.268 e. The average Bonchev–Trinajstić information content (AvgIpc) is 2.86. The quantitative estimate of drug-likeness (QED) is 0.231. The van der Waals surface area contributed by atoms with Gasteiger partial charge in [0.05, 0.1) is 10.6 Å². The van der Waals surface area contributed by atoms with E-state index in [-0.39, 0.29) is 10.5 Å². The van der Waals surface area contributed by atoms with Crippen LogP contribution in [0.1, 0.15) is 27.8 Å². The fraction of sp³-hybridized carbons (Fsp3) is 0.100. The summed E-state index contributed by atoms with van der Waals surface area (Å²) in [6.07, 6.45) is 1.74. The van der Waals surface area contributed by atoms with E-state index in [0.717, 1.165) is 26.6 Å². The number of amides is 1. The van der Waals surface area contributed by atoms with Crippen molar-refractivity contribution in [2.24, 2.45) is 0 Å². The number of anilines is 1. The van der Waals surface area contributed by atoms with E-state index in [2.05, 4.69) is 0 Å². The van der Waals surface area contributed by atoms with E-state index < -0.39 is 15.9 Å². The Morgan fingerprint density at radius 2 is 1.31 bits per heavy atom. The van der Waals surface area contributed by atoms with Crippen LogP contribution in [0.2, 0.25) is 0 Å². The molecule has 0 saturated carbocycles. The standard InChI is InChI=1S/C30H27NO3S/c1-22-17-19-27(20-18-22)35(33,34)31(29-16-10-11-23(2)24(29)3)30(32)28(26-14-8-5-9-15-26)21-25-12-6-4-7-13-25/h4-21H,1-3H3/b28-21+. The van der Waals surface area contributed by atoms with E-state index in [0.29, 0.717) is 11.3 Å². The van der Waals surface area contributed by atoms with Gasteiger partial charge in [-0.25, -0.2) is 8.42 Å². The van der Waals surface area contributed by atoms with Gasteiger partial charge in [0.25, 0.3) is 15.9 Å². The van der Waals surface area contributed by atoms with Crippen molar-refractivity contribution in [1.82, 2.24) is 0 Å². The fourth-order valence-corrected chi connectivity index (χ4v) is 5.30. The molecule has 4 aromatic rings. The molecule has 0 unspecified atom stereocenters. The normalized spacial score (nSPS) is 11.8. The average molecular weight is 482 g/mol. The molecule has 0 aromatic heterocycles. The third-order valence-electron chi connectivity index (χ3n) is 5.96. The highest BCUT2D eigenvalue weighted by Gasteiger charge is 2.34. The molecule has 0 atom stereocenters. The van der Waals surface area contributed by atoms with E-state index in [1.54, 1.807) is 42.5 Å². The van der Waals surface area contributed by atoms with Crippen molar-refractivity contribution in [3.8, 4) is 0 Å². The number of hydrogen-bond donors (Lipinski definition) is 0. The second kappa shape index (κ2) is 10.1. The van der Waals surface area contributed by atoms with Gasteiger partial charge < -0.3 is 0 Å². The molecule has 0 heterocycles. The van der Waals surface area contributed by atoms with Crippen molar-refractivity contribution in [2.45, 2.75) is 25.7 Å². The zero-order valence-electron chi connectivity index (χ0n) is 20.0. The number of benzene rings is 4.